The fourth-order valence-corrected chi connectivity index (χ4v) is 2.64. The first-order valence-electron chi connectivity index (χ1n) is 6.61. The molecule has 3 rings (SSSR count). The van der Waals surface area contributed by atoms with Crippen LogP contribution in [-0.2, 0) is 0 Å². The van der Waals surface area contributed by atoms with Crippen molar-refractivity contribution < 1.29 is 0 Å². The Kier molecular flexibility index (Phi) is 3.00. The van der Waals surface area contributed by atoms with Gasteiger partial charge in [-0.25, -0.2) is 4.98 Å². The molecule has 2 aromatic rings. The van der Waals surface area contributed by atoms with Crippen LogP contribution in [0.1, 0.15) is 43.8 Å². The molecule has 0 amide bonds. The number of nitrogens with one attached hydrogen (secondary N) is 1. The molecule has 94 valence electrons. The summed E-state index contributed by atoms with van der Waals surface area (Å²) in [6.07, 6.45) is 6.42. The van der Waals surface area contributed by atoms with Gasteiger partial charge in [-0.15, -0.1) is 0 Å². The van der Waals surface area contributed by atoms with Gasteiger partial charge in [-0.05, 0) is 25.0 Å². The van der Waals surface area contributed by atoms with Crippen LogP contribution in [0.5, 0.6) is 0 Å². The fraction of sp³-hybridized carbons (Fsp3) is 0.429. The van der Waals surface area contributed by atoms with Gasteiger partial charge >= 0.3 is 0 Å². The number of hydrogen-bond donors (Lipinski definition) is 2. The summed E-state index contributed by atoms with van der Waals surface area (Å²) < 4.78 is 0. The molecule has 3 N–H and O–H groups in total. The summed E-state index contributed by atoms with van der Waals surface area (Å²) in [7, 11) is 0. The van der Waals surface area contributed by atoms with Crippen molar-refractivity contribution in [1.82, 2.24) is 15.2 Å². The summed E-state index contributed by atoms with van der Waals surface area (Å²) in [5.41, 5.74) is 7.51. The molecule has 1 saturated carbocycles. The van der Waals surface area contributed by atoms with E-state index >= 15 is 0 Å². The smallest absolute Gasteiger partial charge is 0.181 e. The highest BCUT2D eigenvalue weighted by molar-refractivity contribution is 5.60. The third-order valence-corrected chi connectivity index (χ3v) is 3.64. The Morgan fingerprint density at radius 2 is 2.00 bits per heavy atom. The van der Waals surface area contributed by atoms with Gasteiger partial charge in [0.2, 0.25) is 0 Å². The molecule has 1 fully saturated rings. The first kappa shape index (κ1) is 11.3. The molecule has 0 spiro atoms. The molecule has 0 saturated heterocycles. The molecule has 0 radical (unpaired) electrons. The first-order valence-corrected chi connectivity index (χ1v) is 6.61. The molecule has 4 heteroatoms. The van der Waals surface area contributed by atoms with Crippen molar-refractivity contribution in [2.24, 2.45) is 0 Å². The van der Waals surface area contributed by atoms with Gasteiger partial charge < -0.3 is 5.73 Å². The van der Waals surface area contributed by atoms with E-state index in [1.165, 1.54) is 32.1 Å². The molecule has 0 unspecified atom stereocenters. The minimum absolute atomic E-state index is 0.557. The van der Waals surface area contributed by atoms with Crippen molar-refractivity contribution in [1.29, 1.82) is 0 Å². The van der Waals surface area contributed by atoms with Crippen LogP contribution in [-0.4, -0.2) is 15.2 Å². The maximum absolute atomic E-state index is 5.78. The van der Waals surface area contributed by atoms with Crippen LogP contribution in [0.15, 0.2) is 24.3 Å². The van der Waals surface area contributed by atoms with E-state index in [1.807, 2.05) is 24.3 Å². The molecular formula is C14H18N4. The van der Waals surface area contributed by atoms with Crippen molar-refractivity contribution in [3.63, 3.8) is 0 Å². The lowest BCUT2D eigenvalue weighted by molar-refractivity contribution is 0.429. The molecule has 1 aromatic heterocycles. The predicted octanol–water partition coefficient (Wildman–Crippen LogP) is 3.10. The number of benzene rings is 1. The highest BCUT2D eigenvalue weighted by Crippen LogP contribution is 2.31. The molecule has 1 aromatic carbocycles. The van der Waals surface area contributed by atoms with Crippen molar-refractivity contribution in [3.05, 3.63) is 30.1 Å². The van der Waals surface area contributed by atoms with Crippen LogP contribution in [0.4, 0.5) is 5.69 Å². The van der Waals surface area contributed by atoms with E-state index < -0.39 is 0 Å². The number of aromatic amines is 1. The lowest BCUT2D eigenvalue weighted by Crippen LogP contribution is -2.06. The Labute approximate surface area is 107 Å². The zero-order valence-electron chi connectivity index (χ0n) is 10.4. The third kappa shape index (κ3) is 2.23. The fourth-order valence-electron chi connectivity index (χ4n) is 2.64. The van der Waals surface area contributed by atoms with Crippen molar-refractivity contribution in [2.45, 2.75) is 38.0 Å². The van der Waals surface area contributed by atoms with E-state index in [9.17, 15) is 0 Å². The second-order valence-electron chi connectivity index (χ2n) is 5.00. The Balaban J connectivity index is 1.84. The molecule has 0 aliphatic heterocycles. The highest BCUT2D eigenvalue weighted by Gasteiger charge is 2.19. The molecule has 4 nitrogen and oxygen atoms in total. The lowest BCUT2D eigenvalue weighted by atomic mass is 9.89. The second-order valence-corrected chi connectivity index (χ2v) is 5.00. The maximum Gasteiger partial charge on any atom is 0.181 e. The van der Waals surface area contributed by atoms with Crippen LogP contribution in [0.3, 0.4) is 0 Å². The molecular weight excluding hydrogens is 224 g/mol. The summed E-state index contributed by atoms with van der Waals surface area (Å²) in [5, 5.41) is 7.40. The van der Waals surface area contributed by atoms with E-state index in [0.29, 0.717) is 5.92 Å². The van der Waals surface area contributed by atoms with E-state index in [0.717, 1.165) is 22.9 Å². The summed E-state index contributed by atoms with van der Waals surface area (Å²) in [4.78, 5) is 4.62. The third-order valence-electron chi connectivity index (χ3n) is 3.64. The van der Waals surface area contributed by atoms with E-state index in [2.05, 4.69) is 15.2 Å². The zero-order chi connectivity index (χ0) is 12.4. The number of rotatable bonds is 2. The predicted molar refractivity (Wildman–Crippen MR) is 72.1 cm³/mol. The summed E-state index contributed by atoms with van der Waals surface area (Å²) in [6, 6.07) is 7.71. The van der Waals surface area contributed by atoms with Crippen molar-refractivity contribution in [3.8, 4) is 11.4 Å². The Bertz CT molecular complexity index is 526. The molecule has 0 atom stereocenters. The molecule has 18 heavy (non-hydrogen) atoms. The van der Waals surface area contributed by atoms with Gasteiger partial charge in [0.05, 0.1) is 0 Å². The number of anilines is 1. The number of hydrogen-bond acceptors (Lipinski definition) is 3. The largest absolute Gasteiger partial charge is 0.399 e. The number of nitrogens with zero attached hydrogens (tertiary/aromatic N) is 2. The van der Waals surface area contributed by atoms with Gasteiger partial charge in [0.15, 0.2) is 5.82 Å². The van der Waals surface area contributed by atoms with Crippen LogP contribution < -0.4 is 5.73 Å². The summed E-state index contributed by atoms with van der Waals surface area (Å²) in [5.74, 6) is 2.34. The van der Waals surface area contributed by atoms with Gasteiger partial charge in [-0.2, -0.15) is 5.10 Å². The zero-order valence-corrected chi connectivity index (χ0v) is 10.4. The molecule has 1 heterocycles. The van der Waals surface area contributed by atoms with E-state index in [4.69, 9.17) is 5.73 Å². The monoisotopic (exact) mass is 242 g/mol. The number of nitrogen functional groups attached to an aromatic ring is 1. The lowest BCUT2D eigenvalue weighted by Gasteiger charge is -2.18. The summed E-state index contributed by atoms with van der Waals surface area (Å²) in [6.45, 7) is 0. The van der Waals surface area contributed by atoms with Crippen molar-refractivity contribution >= 4 is 5.69 Å². The number of H-pyrrole nitrogens is 1. The van der Waals surface area contributed by atoms with Crippen LogP contribution in [0.25, 0.3) is 11.4 Å². The minimum atomic E-state index is 0.557. The standard InChI is InChI=1S/C14H18N4/c15-12-8-4-7-11(9-12)14-16-13(17-18-14)10-5-2-1-3-6-10/h4,7-10H,1-3,5-6,15H2,(H,16,17,18). The maximum atomic E-state index is 5.78. The average Bonchev–Trinajstić information content (AvgIpc) is 2.89. The Morgan fingerprint density at radius 1 is 1.17 bits per heavy atom. The average molecular weight is 242 g/mol. The molecule has 1 aliphatic rings. The van der Waals surface area contributed by atoms with Crippen LogP contribution in [0, 0.1) is 0 Å². The first-order chi connectivity index (χ1) is 8.83. The Morgan fingerprint density at radius 3 is 2.78 bits per heavy atom. The second kappa shape index (κ2) is 4.80. The molecule has 1 aliphatic carbocycles. The highest BCUT2D eigenvalue weighted by atomic mass is 15.2. The van der Waals surface area contributed by atoms with Gasteiger partial charge in [-0.1, -0.05) is 31.4 Å². The topological polar surface area (TPSA) is 67.6 Å². The molecule has 0 bridgehead atoms. The van der Waals surface area contributed by atoms with Gasteiger partial charge in [0.25, 0.3) is 0 Å². The minimum Gasteiger partial charge on any atom is -0.399 e. The van der Waals surface area contributed by atoms with Gasteiger partial charge in [-0.3, -0.25) is 5.10 Å². The van der Waals surface area contributed by atoms with Crippen LogP contribution in [0.2, 0.25) is 0 Å². The number of aromatic nitrogens is 3. The number of nitrogens with two attached hydrogens (primary N) is 1. The van der Waals surface area contributed by atoms with Crippen LogP contribution >= 0.6 is 0 Å². The summed E-state index contributed by atoms with van der Waals surface area (Å²) >= 11 is 0. The quantitative estimate of drug-likeness (QED) is 0.795. The Hall–Kier alpha value is -1.84. The van der Waals surface area contributed by atoms with Gasteiger partial charge in [0, 0.05) is 17.2 Å². The SMILES string of the molecule is Nc1cccc(-c2n[nH]c(C3CCCCC3)n2)c1. The van der Waals surface area contributed by atoms with Crippen molar-refractivity contribution in [2.75, 3.05) is 5.73 Å². The van der Waals surface area contributed by atoms with E-state index in [-0.39, 0.29) is 0 Å². The normalized spacial score (nSPS) is 16.9. The van der Waals surface area contributed by atoms with E-state index in [1.54, 1.807) is 0 Å². The van der Waals surface area contributed by atoms with Gasteiger partial charge in [0.1, 0.15) is 5.82 Å².